The number of aromatic nitrogens is 2. The van der Waals surface area contributed by atoms with E-state index in [1.54, 1.807) is 35.8 Å². The normalized spacial score (nSPS) is 12.0. The molecule has 2 aromatic heterocycles. The van der Waals surface area contributed by atoms with Gasteiger partial charge in [0.15, 0.2) is 0 Å². The highest BCUT2D eigenvalue weighted by Gasteiger charge is 2.21. The summed E-state index contributed by atoms with van der Waals surface area (Å²) in [7, 11) is 0. The first-order valence-electron chi connectivity index (χ1n) is 6.86. The molecule has 0 aliphatic carbocycles. The fourth-order valence-corrected chi connectivity index (χ4v) is 2.70. The maximum absolute atomic E-state index is 12.2. The molecule has 1 aromatic carbocycles. The SMILES string of the molecule is O=C(N[C@@H](CO)C(=O)Nc1ccc2cn[nH]c2c1)c1cccs1. The number of carbonyl (C=O) groups excluding carboxylic acids is 2. The number of aliphatic hydroxyl groups excluding tert-OH is 1. The molecular formula is C15H14N4O3S. The van der Waals surface area contributed by atoms with Gasteiger partial charge in [-0.3, -0.25) is 14.7 Å². The number of carbonyl (C=O) groups is 2. The van der Waals surface area contributed by atoms with Crippen LogP contribution in [0.15, 0.2) is 41.9 Å². The van der Waals surface area contributed by atoms with Crippen molar-refractivity contribution in [3.05, 3.63) is 46.8 Å². The van der Waals surface area contributed by atoms with Gasteiger partial charge < -0.3 is 15.7 Å². The van der Waals surface area contributed by atoms with Crippen LogP contribution in [0.1, 0.15) is 9.67 Å². The van der Waals surface area contributed by atoms with Gasteiger partial charge in [-0.15, -0.1) is 11.3 Å². The zero-order valence-electron chi connectivity index (χ0n) is 11.9. The summed E-state index contributed by atoms with van der Waals surface area (Å²) < 4.78 is 0. The van der Waals surface area contributed by atoms with Gasteiger partial charge >= 0.3 is 0 Å². The van der Waals surface area contributed by atoms with E-state index in [1.165, 1.54) is 11.3 Å². The molecule has 0 saturated heterocycles. The summed E-state index contributed by atoms with van der Waals surface area (Å²) in [6.45, 7) is -0.491. The standard InChI is InChI=1S/C15H14N4O3S/c20-8-12(18-15(22)13-2-1-5-23-13)14(21)17-10-4-3-9-7-16-19-11(9)6-10/h1-7,12,20H,8H2,(H,16,19)(H,17,21)(H,18,22)/t12-/m0/s1. The fourth-order valence-electron chi connectivity index (χ4n) is 2.08. The minimum Gasteiger partial charge on any atom is -0.394 e. The lowest BCUT2D eigenvalue weighted by Gasteiger charge is -2.15. The molecule has 118 valence electrons. The van der Waals surface area contributed by atoms with E-state index in [0.29, 0.717) is 10.6 Å². The summed E-state index contributed by atoms with van der Waals surface area (Å²) in [4.78, 5) is 24.7. The summed E-state index contributed by atoms with van der Waals surface area (Å²) in [5, 5.41) is 24.0. The first-order chi connectivity index (χ1) is 11.2. The van der Waals surface area contributed by atoms with Crippen molar-refractivity contribution in [3.63, 3.8) is 0 Å². The van der Waals surface area contributed by atoms with Crippen LogP contribution in [0.2, 0.25) is 0 Å². The highest BCUT2D eigenvalue weighted by atomic mass is 32.1. The van der Waals surface area contributed by atoms with E-state index in [1.807, 2.05) is 6.07 Å². The van der Waals surface area contributed by atoms with Crippen LogP contribution >= 0.6 is 11.3 Å². The average Bonchev–Trinajstić information content (AvgIpc) is 3.22. The van der Waals surface area contributed by atoms with Gasteiger partial charge in [-0.05, 0) is 29.6 Å². The first-order valence-corrected chi connectivity index (χ1v) is 7.74. The third-order valence-electron chi connectivity index (χ3n) is 3.26. The molecule has 2 heterocycles. The summed E-state index contributed by atoms with van der Waals surface area (Å²) in [5.41, 5.74) is 1.33. The summed E-state index contributed by atoms with van der Waals surface area (Å²) in [5.74, 6) is -0.880. The minimum atomic E-state index is -1.03. The van der Waals surface area contributed by atoms with Crippen molar-refractivity contribution < 1.29 is 14.7 Å². The molecule has 0 spiro atoms. The van der Waals surface area contributed by atoms with Crippen molar-refractivity contribution in [1.82, 2.24) is 15.5 Å². The molecule has 2 amide bonds. The maximum Gasteiger partial charge on any atom is 0.262 e. The molecule has 23 heavy (non-hydrogen) atoms. The van der Waals surface area contributed by atoms with Gasteiger partial charge in [0.25, 0.3) is 5.91 Å². The van der Waals surface area contributed by atoms with Crippen LogP contribution in [0.3, 0.4) is 0 Å². The Morgan fingerprint density at radius 1 is 1.35 bits per heavy atom. The van der Waals surface area contributed by atoms with Crippen molar-refractivity contribution in [2.45, 2.75) is 6.04 Å². The second-order valence-electron chi connectivity index (χ2n) is 4.85. The number of aromatic amines is 1. The van der Waals surface area contributed by atoms with E-state index in [4.69, 9.17) is 0 Å². The molecule has 0 radical (unpaired) electrons. The van der Waals surface area contributed by atoms with Gasteiger partial charge in [-0.2, -0.15) is 5.10 Å². The lowest BCUT2D eigenvalue weighted by molar-refractivity contribution is -0.118. The Kier molecular flexibility index (Phi) is 4.35. The van der Waals surface area contributed by atoms with E-state index in [-0.39, 0.29) is 0 Å². The summed E-state index contributed by atoms with van der Waals surface area (Å²) in [6, 6.07) is 7.64. The number of aliphatic hydroxyl groups is 1. The zero-order valence-corrected chi connectivity index (χ0v) is 12.8. The van der Waals surface area contributed by atoms with E-state index < -0.39 is 24.5 Å². The van der Waals surface area contributed by atoms with Gasteiger partial charge in [-0.1, -0.05) is 6.07 Å². The van der Waals surface area contributed by atoms with Crippen LogP contribution in [-0.2, 0) is 4.79 Å². The Morgan fingerprint density at radius 2 is 2.22 bits per heavy atom. The number of thiophene rings is 1. The first kappa shape index (κ1) is 15.2. The molecule has 3 rings (SSSR count). The van der Waals surface area contributed by atoms with E-state index >= 15 is 0 Å². The minimum absolute atomic E-state index is 0.391. The second kappa shape index (κ2) is 6.59. The average molecular weight is 330 g/mol. The Bertz CT molecular complexity index is 828. The van der Waals surface area contributed by atoms with Crippen molar-refractivity contribution in [2.75, 3.05) is 11.9 Å². The molecule has 0 bridgehead atoms. The number of hydrogen-bond acceptors (Lipinski definition) is 5. The molecule has 0 aliphatic rings. The molecule has 7 nitrogen and oxygen atoms in total. The predicted molar refractivity (Wildman–Crippen MR) is 87.4 cm³/mol. The van der Waals surface area contributed by atoms with Crippen molar-refractivity contribution in [2.24, 2.45) is 0 Å². The topological polar surface area (TPSA) is 107 Å². The molecule has 0 unspecified atom stereocenters. The van der Waals surface area contributed by atoms with Crippen molar-refractivity contribution in [3.8, 4) is 0 Å². The number of nitrogens with one attached hydrogen (secondary N) is 3. The fraction of sp³-hybridized carbons (Fsp3) is 0.133. The van der Waals surface area contributed by atoms with Crippen LogP contribution in [0.25, 0.3) is 10.9 Å². The molecule has 3 aromatic rings. The van der Waals surface area contributed by atoms with Crippen molar-refractivity contribution >= 4 is 39.7 Å². The summed E-state index contributed by atoms with van der Waals surface area (Å²) in [6.07, 6.45) is 1.68. The van der Waals surface area contributed by atoms with Gasteiger partial charge in [0.05, 0.1) is 23.2 Å². The van der Waals surface area contributed by atoms with Gasteiger partial charge in [0, 0.05) is 11.1 Å². The summed E-state index contributed by atoms with van der Waals surface area (Å²) >= 11 is 1.27. The molecule has 8 heteroatoms. The van der Waals surface area contributed by atoms with Gasteiger partial charge in [-0.25, -0.2) is 0 Å². The number of hydrogen-bond donors (Lipinski definition) is 4. The number of benzene rings is 1. The van der Waals surface area contributed by atoms with E-state index in [9.17, 15) is 14.7 Å². The maximum atomic E-state index is 12.2. The van der Waals surface area contributed by atoms with Crippen LogP contribution in [-0.4, -0.2) is 39.8 Å². The molecule has 1 atom stereocenters. The van der Waals surface area contributed by atoms with Crippen LogP contribution in [0.4, 0.5) is 5.69 Å². The monoisotopic (exact) mass is 330 g/mol. The van der Waals surface area contributed by atoms with Crippen LogP contribution < -0.4 is 10.6 Å². The van der Waals surface area contributed by atoms with Crippen LogP contribution in [0, 0.1) is 0 Å². The Hall–Kier alpha value is -2.71. The zero-order chi connectivity index (χ0) is 16.2. The number of anilines is 1. The number of fused-ring (bicyclic) bond motifs is 1. The van der Waals surface area contributed by atoms with Crippen LogP contribution in [0.5, 0.6) is 0 Å². The molecule has 0 saturated carbocycles. The van der Waals surface area contributed by atoms with Crippen molar-refractivity contribution in [1.29, 1.82) is 0 Å². The molecule has 0 fully saturated rings. The van der Waals surface area contributed by atoms with E-state index in [0.717, 1.165) is 10.9 Å². The second-order valence-corrected chi connectivity index (χ2v) is 5.79. The largest absolute Gasteiger partial charge is 0.394 e. The highest BCUT2D eigenvalue weighted by molar-refractivity contribution is 7.12. The van der Waals surface area contributed by atoms with Gasteiger partial charge in [0.1, 0.15) is 6.04 Å². The highest BCUT2D eigenvalue weighted by Crippen LogP contribution is 2.16. The Morgan fingerprint density at radius 3 is 2.96 bits per heavy atom. The number of rotatable bonds is 5. The third kappa shape index (κ3) is 3.38. The van der Waals surface area contributed by atoms with E-state index in [2.05, 4.69) is 20.8 Å². The van der Waals surface area contributed by atoms with Gasteiger partial charge in [0.2, 0.25) is 5.91 Å². The molecule has 4 N–H and O–H groups in total. The quantitative estimate of drug-likeness (QED) is 0.566. The number of amides is 2. The lowest BCUT2D eigenvalue weighted by Crippen LogP contribution is -2.46. The number of nitrogens with zero attached hydrogens (tertiary/aromatic N) is 1. The molecule has 0 aliphatic heterocycles. The third-order valence-corrected chi connectivity index (χ3v) is 4.13. The number of H-pyrrole nitrogens is 1. The Labute approximate surface area is 135 Å². The lowest BCUT2D eigenvalue weighted by atomic mass is 10.2. The predicted octanol–water partition coefficient (Wildman–Crippen LogP) is 1.35. The smallest absolute Gasteiger partial charge is 0.262 e. The molecular weight excluding hydrogens is 316 g/mol. The Balaban J connectivity index is 1.68.